The highest BCUT2D eigenvalue weighted by Crippen LogP contribution is 2.23. The van der Waals surface area contributed by atoms with Crippen LogP contribution in [0.4, 0.5) is 11.6 Å². The van der Waals surface area contributed by atoms with Crippen molar-refractivity contribution >= 4 is 17.3 Å². The predicted octanol–water partition coefficient (Wildman–Crippen LogP) is 3.03. The highest BCUT2D eigenvalue weighted by molar-refractivity contribution is 5.96. The zero-order chi connectivity index (χ0) is 14.5. The second kappa shape index (κ2) is 5.87. The van der Waals surface area contributed by atoms with Crippen LogP contribution in [0.1, 0.15) is 12.7 Å². The summed E-state index contributed by atoms with van der Waals surface area (Å²) in [5.41, 5.74) is 4.01. The van der Waals surface area contributed by atoms with Crippen molar-refractivity contribution < 1.29 is 14.1 Å². The lowest BCUT2D eigenvalue weighted by Crippen LogP contribution is -1.99. The number of nitro groups is 1. The number of methoxy groups -OCH3 is 1. The fraction of sp³-hybridized carbons (Fsp3) is 0.154. The van der Waals surface area contributed by atoms with Crippen LogP contribution in [0, 0.1) is 10.1 Å². The van der Waals surface area contributed by atoms with Crippen LogP contribution in [0.25, 0.3) is 0 Å². The molecule has 1 N–H and O–H groups in total. The molecule has 0 unspecified atom stereocenters. The number of rotatable bonds is 5. The third-order valence-electron chi connectivity index (χ3n) is 2.58. The lowest BCUT2D eigenvalue weighted by atomic mass is 10.3. The molecule has 7 heteroatoms. The molecule has 0 atom stereocenters. The third kappa shape index (κ3) is 2.94. The summed E-state index contributed by atoms with van der Waals surface area (Å²) in [5.74, 6) is 0.667. The molecule has 0 fully saturated rings. The second-order valence-corrected chi connectivity index (χ2v) is 3.90. The zero-order valence-corrected chi connectivity index (χ0v) is 11.0. The number of ether oxygens (including phenoxy) is 1. The van der Waals surface area contributed by atoms with Crippen LogP contribution in [-0.4, -0.2) is 17.7 Å². The molecule has 7 nitrogen and oxygen atoms in total. The largest absolute Gasteiger partial charge is 0.495 e. The highest BCUT2D eigenvalue weighted by atomic mass is 16.6. The van der Waals surface area contributed by atoms with E-state index in [1.807, 2.05) is 12.1 Å². The summed E-state index contributed by atoms with van der Waals surface area (Å²) < 4.78 is 10.2. The van der Waals surface area contributed by atoms with Gasteiger partial charge in [-0.2, -0.15) is 5.10 Å². The van der Waals surface area contributed by atoms with E-state index in [2.05, 4.69) is 10.5 Å². The average molecular weight is 275 g/mol. The predicted molar refractivity (Wildman–Crippen MR) is 74.2 cm³/mol. The van der Waals surface area contributed by atoms with Gasteiger partial charge in [-0.3, -0.25) is 15.5 Å². The molecule has 20 heavy (non-hydrogen) atoms. The molecular formula is C13H13N3O4. The number of hydrogen-bond donors (Lipinski definition) is 1. The molecule has 0 saturated carbocycles. The molecule has 0 aliphatic rings. The number of hydrazone groups is 1. The molecule has 0 spiro atoms. The van der Waals surface area contributed by atoms with Gasteiger partial charge in [0.15, 0.2) is 5.76 Å². The highest BCUT2D eigenvalue weighted by Gasteiger charge is 2.13. The van der Waals surface area contributed by atoms with E-state index in [4.69, 9.17) is 9.15 Å². The van der Waals surface area contributed by atoms with E-state index in [1.165, 1.54) is 12.1 Å². The Labute approximate surface area is 115 Å². The molecule has 1 heterocycles. The van der Waals surface area contributed by atoms with Gasteiger partial charge < -0.3 is 9.15 Å². The van der Waals surface area contributed by atoms with Gasteiger partial charge in [0.25, 0.3) is 0 Å². The molecule has 2 rings (SSSR count). The van der Waals surface area contributed by atoms with E-state index in [-0.39, 0.29) is 5.88 Å². The van der Waals surface area contributed by atoms with E-state index >= 15 is 0 Å². The first kappa shape index (κ1) is 13.6. The van der Waals surface area contributed by atoms with Gasteiger partial charge in [-0.1, -0.05) is 12.1 Å². The van der Waals surface area contributed by atoms with E-state index in [1.54, 1.807) is 26.2 Å². The van der Waals surface area contributed by atoms with E-state index in [0.717, 1.165) is 0 Å². The monoisotopic (exact) mass is 275 g/mol. The van der Waals surface area contributed by atoms with Gasteiger partial charge in [-0.05, 0) is 25.1 Å². The first-order chi connectivity index (χ1) is 9.61. The Morgan fingerprint density at radius 3 is 2.75 bits per heavy atom. The van der Waals surface area contributed by atoms with Gasteiger partial charge >= 0.3 is 5.88 Å². The summed E-state index contributed by atoms with van der Waals surface area (Å²) in [6.07, 6.45) is 0. The first-order valence-electron chi connectivity index (χ1n) is 5.79. The number of benzene rings is 1. The van der Waals surface area contributed by atoms with Gasteiger partial charge in [0, 0.05) is 0 Å². The number of nitrogens with zero attached hydrogens (tertiary/aromatic N) is 2. The minimum Gasteiger partial charge on any atom is -0.495 e. The Hall–Kier alpha value is -2.83. The Morgan fingerprint density at radius 2 is 2.10 bits per heavy atom. The summed E-state index contributed by atoms with van der Waals surface area (Å²) >= 11 is 0. The summed E-state index contributed by atoms with van der Waals surface area (Å²) in [5, 5.41) is 14.7. The summed E-state index contributed by atoms with van der Waals surface area (Å²) in [6.45, 7) is 1.69. The van der Waals surface area contributed by atoms with Gasteiger partial charge in [0.05, 0.1) is 18.9 Å². The van der Waals surface area contributed by atoms with Crippen LogP contribution < -0.4 is 10.2 Å². The lowest BCUT2D eigenvalue weighted by molar-refractivity contribution is -0.402. The maximum Gasteiger partial charge on any atom is 0.433 e. The maximum atomic E-state index is 10.5. The van der Waals surface area contributed by atoms with Gasteiger partial charge in [0.2, 0.25) is 0 Å². The van der Waals surface area contributed by atoms with Crippen LogP contribution in [-0.2, 0) is 0 Å². The molecule has 0 aliphatic heterocycles. The molecule has 2 aromatic rings. The SMILES string of the molecule is COc1ccccc1N/N=C(\C)c1ccc([N+](=O)[O-])o1. The number of hydrogen-bond acceptors (Lipinski definition) is 6. The quantitative estimate of drug-likeness (QED) is 0.514. The number of para-hydroxylation sites is 2. The summed E-state index contributed by atoms with van der Waals surface area (Å²) in [4.78, 5) is 9.95. The van der Waals surface area contributed by atoms with Crippen LogP contribution in [0.3, 0.4) is 0 Å². The van der Waals surface area contributed by atoms with Crippen molar-refractivity contribution in [1.29, 1.82) is 0 Å². The fourth-order valence-corrected chi connectivity index (χ4v) is 1.56. The second-order valence-electron chi connectivity index (χ2n) is 3.90. The molecule has 0 bridgehead atoms. The Bertz CT molecular complexity index is 649. The molecule has 1 aromatic heterocycles. The minimum atomic E-state index is -0.593. The van der Waals surface area contributed by atoms with Crippen molar-refractivity contribution in [1.82, 2.24) is 0 Å². The number of anilines is 1. The van der Waals surface area contributed by atoms with Crippen molar-refractivity contribution in [3.8, 4) is 5.75 Å². The van der Waals surface area contributed by atoms with Crippen LogP contribution in [0.5, 0.6) is 5.75 Å². The maximum absolute atomic E-state index is 10.5. The Balaban J connectivity index is 2.16. The third-order valence-corrected chi connectivity index (χ3v) is 2.58. The van der Waals surface area contributed by atoms with Crippen LogP contribution in [0.2, 0.25) is 0 Å². The molecule has 1 aromatic carbocycles. The minimum absolute atomic E-state index is 0.313. The Morgan fingerprint density at radius 1 is 1.35 bits per heavy atom. The summed E-state index contributed by atoms with van der Waals surface area (Å²) in [7, 11) is 1.56. The van der Waals surface area contributed by atoms with Crippen molar-refractivity contribution in [2.24, 2.45) is 5.10 Å². The molecule has 0 amide bonds. The topological polar surface area (TPSA) is 89.9 Å². The molecule has 0 radical (unpaired) electrons. The average Bonchev–Trinajstić information content (AvgIpc) is 2.95. The molecular weight excluding hydrogens is 262 g/mol. The van der Waals surface area contributed by atoms with Gasteiger partial charge in [-0.15, -0.1) is 0 Å². The normalized spacial score (nSPS) is 11.2. The summed E-state index contributed by atoms with van der Waals surface area (Å²) in [6, 6.07) is 10.1. The van der Waals surface area contributed by atoms with E-state index in [9.17, 15) is 10.1 Å². The standard InChI is InChI=1S/C13H13N3O4/c1-9(11-7-8-13(20-11)16(17)18)14-15-10-5-3-4-6-12(10)19-2/h3-8,15H,1-2H3/b14-9+. The number of nitrogens with one attached hydrogen (secondary N) is 1. The zero-order valence-electron chi connectivity index (χ0n) is 11.0. The van der Waals surface area contributed by atoms with Crippen molar-refractivity contribution in [3.05, 3.63) is 52.3 Å². The van der Waals surface area contributed by atoms with Crippen LogP contribution in [0.15, 0.2) is 45.9 Å². The van der Waals surface area contributed by atoms with Crippen LogP contribution >= 0.6 is 0 Å². The van der Waals surface area contributed by atoms with Gasteiger partial charge in [-0.25, -0.2) is 0 Å². The van der Waals surface area contributed by atoms with Crippen molar-refractivity contribution in [3.63, 3.8) is 0 Å². The van der Waals surface area contributed by atoms with E-state index < -0.39 is 4.92 Å². The Kier molecular flexibility index (Phi) is 3.99. The number of furan rings is 1. The first-order valence-corrected chi connectivity index (χ1v) is 5.79. The van der Waals surface area contributed by atoms with Gasteiger partial charge in [0.1, 0.15) is 16.4 Å². The fourth-order valence-electron chi connectivity index (χ4n) is 1.56. The smallest absolute Gasteiger partial charge is 0.433 e. The lowest BCUT2D eigenvalue weighted by Gasteiger charge is -2.07. The van der Waals surface area contributed by atoms with Crippen molar-refractivity contribution in [2.75, 3.05) is 12.5 Å². The molecule has 0 aliphatic carbocycles. The van der Waals surface area contributed by atoms with Crippen molar-refractivity contribution in [2.45, 2.75) is 6.92 Å². The molecule has 104 valence electrons. The molecule has 0 saturated heterocycles. The van der Waals surface area contributed by atoms with E-state index in [0.29, 0.717) is 22.9 Å².